The van der Waals surface area contributed by atoms with Crippen molar-refractivity contribution in [2.24, 2.45) is 0 Å². The van der Waals surface area contributed by atoms with Crippen LogP contribution in [0.3, 0.4) is 0 Å². The van der Waals surface area contributed by atoms with Crippen LogP contribution in [-0.2, 0) is 11.4 Å². The first kappa shape index (κ1) is 23.1. The molecule has 0 aliphatic heterocycles. The fourth-order valence-corrected chi connectivity index (χ4v) is 3.23. The number of amides is 2. The topological polar surface area (TPSA) is 114 Å². The monoisotopic (exact) mass is 467 g/mol. The molecule has 0 aliphatic rings. The molecule has 1 heterocycles. The molecule has 2 N–H and O–H groups in total. The van der Waals surface area contributed by atoms with Crippen LogP contribution in [0.5, 0.6) is 11.5 Å². The van der Waals surface area contributed by atoms with E-state index in [1.807, 2.05) is 54.6 Å². The Labute approximate surface area is 201 Å². The summed E-state index contributed by atoms with van der Waals surface area (Å²) in [6.45, 7) is -0.257. The van der Waals surface area contributed by atoms with Gasteiger partial charge < -0.3 is 13.9 Å². The second-order valence-electron chi connectivity index (χ2n) is 7.32. The first-order valence-corrected chi connectivity index (χ1v) is 10.7. The average molecular weight is 467 g/mol. The van der Waals surface area contributed by atoms with Gasteiger partial charge in [0.15, 0.2) is 12.4 Å². The lowest BCUT2D eigenvalue weighted by Crippen LogP contribution is -2.43. The molecule has 1 aromatic heterocycles. The summed E-state index contributed by atoms with van der Waals surface area (Å²) in [5, 5.41) is 9.12. The molecule has 0 atom stereocenters. The summed E-state index contributed by atoms with van der Waals surface area (Å²) in [5.41, 5.74) is 6.81. The van der Waals surface area contributed by atoms with Gasteiger partial charge in [-0.3, -0.25) is 20.4 Å². The van der Waals surface area contributed by atoms with Gasteiger partial charge in [-0.1, -0.05) is 60.7 Å². The SMILES string of the molecule is N#Cc1ccccc1OCc1ccc(C(=O)NNC(=O)COc2ccccc2-c2ccccc2)o1. The van der Waals surface area contributed by atoms with Crippen molar-refractivity contribution >= 4 is 11.8 Å². The molecule has 8 nitrogen and oxygen atoms in total. The molecule has 0 aliphatic carbocycles. The maximum atomic E-state index is 12.3. The predicted octanol–water partition coefficient (Wildman–Crippen LogP) is 4.24. The Hall–Kier alpha value is -5.03. The van der Waals surface area contributed by atoms with Gasteiger partial charge in [0.25, 0.3) is 5.91 Å². The molecule has 174 valence electrons. The fourth-order valence-electron chi connectivity index (χ4n) is 3.23. The molecule has 4 aromatic rings. The van der Waals surface area contributed by atoms with Crippen LogP contribution >= 0.6 is 0 Å². The van der Waals surface area contributed by atoms with Crippen LogP contribution in [0.4, 0.5) is 0 Å². The number of carbonyl (C=O) groups excluding carboxylic acids is 2. The van der Waals surface area contributed by atoms with Gasteiger partial charge in [-0.05, 0) is 35.9 Å². The average Bonchev–Trinajstić information content (AvgIpc) is 3.39. The van der Waals surface area contributed by atoms with Crippen molar-refractivity contribution in [3.63, 3.8) is 0 Å². The van der Waals surface area contributed by atoms with Crippen molar-refractivity contribution in [1.82, 2.24) is 10.9 Å². The van der Waals surface area contributed by atoms with Crippen molar-refractivity contribution in [1.29, 1.82) is 5.26 Å². The molecule has 0 spiro atoms. The van der Waals surface area contributed by atoms with E-state index < -0.39 is 11.8 Å². The second-order valence-corrected chi connectivity index (χ2v) is 7.32. The highest BCUT2D eigenvalue weighted by atomic mass is 16.5. The van der Waals surface area contributed by atoms with E-state index in [1.165, 1.54) is 6.07 Å². The van der Waals surface area contributed by atoms with Gasteiger partial charge in [0.1, 0.15) is 29.9 Å². The number of nitrogens with zero attached hydrogens (tertiary/aromatic N) is 1. The van der Waals surface area contributed by atoms with E-state index in [9.17, 15) is 9.59 Å². The van der Waals surface area contributed by atoms with Crippen LogP contribution < -0.4 is 20.3 Å². The minimum atomic E-state index is -0.633. The molecule has 3 aromatic carbocycles. The number of hydrogen-bond acceptors (Lipinski definition) is 6. The van der Waals surface area contributed by atoms with Crippen LogP contribution in [0.15, 0.2) is 95.4 Å². The van der Waals surface area contributed by atoms with E-state index in [0.717, 1.165) is 11.1 Å². The molecule has 0 unspecified atom stereocenters. The molecule has 0 saturated heterocycles. The zero-order valence-electron chi connectivity index (χ0n) is 18.6. The molecular weight excluding hydrogens is 446 g/mol. The van der Waals surface area contributed by atoms with E-state index in [0.29, 0.717) is 22.8 Å². The van der Waals surface area contributed by atoms with E-state index >= 15 is 0 Å². The Morgan fingerprint density at radius 2 is 1.51 bits per heavy atom. The Kier molecular flexibility index (Phi) is 7.41. The molecule has 2 amide bonds. The number of nitrogens with one attached hydrogen (secondary N) is 2. The first-order valence-electron chi connectivity index (χ1n) is 10.7. The maximum Gasteiger partial charge on any atom is 0.305 e. The molecule has 0 fully saturated rings. The Morgan fingerprint density at radius 1 is 0.800 bits per heavy atom. The Morgan fingerprint density at radius 3 is 2.31 bits per heavy atom. The van der Waals surface area contributed by atoms with Gasteiger partial charge in [-0.15, -0.1) is 0 Å². The summed E-state index contributed by atoms with van der Waals surface area (Å²) in [6, 6.07) is 28.9. The van der Waals surface area contributed by atoms with Crippen LogP contribution in [0.25, 0.3) is 11.1 Å². The zero-order valence-corrected chi connectivity index (χ0v) is 18.6. The van der Waals surface area contributed by atoms with Crippen molar-refractivity contribution in [3.05, 3.63) is 108 Å². The molecular formula is C27H21N3O5. The molecule has 0 saturated carbocycles. The number of hydrogen-bond donors (Lipinski definition) is 2. The summed E-state index contributed by atoms with van der Waals surface area (Å²) in [5.74, 6) is 0.173. The van der Waals surface area contributed by atoms with Crippen LogP contribution in [0.1, 0.15) is 21.9 Å². The standard InChI is InChI=1S/C27H21N3O5/c28-16-20-10-4-6-12-23(20)33-17-21-14-15-25(35-21)27(32)30-29-26(31)18-34-24-13-7-5-11-22(24)19-8-2-1-3-9-19/h1-15H,17-18H2,(H,29,31)(H,30,32). The van der Waals surface area contributed by atoms with Crippen molar-refractivity contribution in [3.8, 4) is 28.7 Å². The summed E-state index contributed by atoms with van der Waals surface area (Å²) in [7, 11) is 0. The largest absolute Gasteiger partial charge is 0.484 e. The zero-order chi connectivity index (χ0) is 24.5. The first-order chi connectivity index (χ1) is 17.1. The highest BCUT2D eigenvalue weighted by Crippen LogP contribution is 2.29. The number of rotatable bonds is 8. The van der Waals surface area contributed by atoms with Crippen LogP contribution in [0.2, 0.25) is 0 Å². The minimum Gasteiger partial charge on any atom is -0.484 e. The van der Waals surface area contributed by atoms with Gasteiger partial charge in [0, 0.05) is 5.56 Å². The Bertz CT molecular complexity index is 1360. The third kappa shape index (κ3) is 6.06. The number of para-hydroxylation sites is 2. The van der Waals surface area contributed by atoms with E-state index in [2.05, 4.69) is 10.9 Å². The maximum absolute atomic E-state index is 12.3. The van der Waals surface area contributed by atoms with Gasteiger partial charge in [-0.25, -0.2) is 0 Å². The van der Waals surface area contributed by atoms with Crippen molar-refractivity contribution in [2.75, 3.05) is 6.61 Å². The lowest BCUT2D eigenvalue weighted by molar-refractivity contribution is -0.123. The number of benzene rings is 3. The lowest BCUT2D eigenvalue weighted by Gasteiger charge is -2.12. The van der Waals surface area contributed by atoms with Crippen LogP contribution in [0, 0.1) is 11.3 Å². The minimum absolute atomic E-state index is 0.00666. The second kappa shape index (κ2) is 11.2. The highest BCUT2D eigenvalue weighted by molar-refractivity contribution is 5.93. The van der Waals surface area contributed by atoms with E-state index in [4.69, 9.17) is 19.2 Å². The number of nitriles is 1. The fraction of sp³-hybridized carbons (Fsp3) is 0.0741. The summed E-state index contributed by atoms with van der Waals surface area (Å²) in [4.78, 5) is 24.5. The summed E-state index contributed by atoms with van der Waals surface area (Å²) in [6.07, 6.45) is 0. The number of hydrazine groups is 1. The van der Waals surface area contributed by atoms with Gasteiger partial charge >= 0.3 is 5.91 Å². The third-order valence-corrected chi connectivity index (χ3v) is 4.91. The lowest BCUT2D eigenvalue weighted by atomic mass is 10.1. The molecule has 35 heavy (non-hydrogen) atoms. The molecule has 8 heteroatoms. The highest BCUT2D eigenvalue weighted by Gasteiger charge is 2.14. The molecule has 0 radical (unpaired) electrons. The van der Waals surface area contributed by atoms with E-state index in [1.54, 1.807) is 36.4 Å². The van der Waals surface area contributed by atoms with Crippen molar-refractivity contribution < 1.29 is 23.5 Å². The molecule has 0 bridgehead atoms. The van der Waals surface area contributed by atoms with Gasteiger partial charge in [0.2, 0.25) is 0 Å². The summed E-state index contributed by atoms with van der Waals surface area (Å²) < 4.78 is 16.7. The third-order valence-electron chi connectivity index (χ3n) is 4.91. The normalized spacial score (nSPS) is 10.1. The van der Waals surface area contributed by atoms with Crippen molar-refractivity contribution in [2.45, 2.75) is 6.61 Å². The smallest absolute Gasteiger partial charge is 0.305 e. The number of carbonyl (C=O) groups is 2. The summed E-state index contributed by atoms with van der Waals surface area (Å²) >= 11 is 0. The quantitative estimate of drug-likeness (QED) is 0.375. The number of ether oxygens (including phenoxy) is 2. The van der Waals surface area contributed by atoms with E-state index in [-0.39, 0.29) is 19.0 Å². The van der Waals surface area contributed by atoms with Gasteiger partial charge in [-0.2, -0.15) is 5.26 Å². The predicted molar refractivity (Wildman–Crippen MR) is 127 cm³/mol. The number of furan rings is 1. The molecule has 4 rings (SSSR count). The Balaban J connectivity index is 1.26. The van der Waals surface area contributed by atoms with Gasteiger partial charge in [0.05, 0.1) is 5.56 Å². The van der Waals surface area contributed by atoms with Crippen LogP contribution in [-0.4, -0.2) is 18.4 Å².